The zero-order chi connectivity index (χ0) is 10.8. The van der Waals surface area contributed by atoms with Crippen molar-refractivity contribution < 1.29 is 5.11 Å². The fraction of sp³-hybridized carbons (Fsp3) is 0.333. The summed E-state index contributed by atoms with van der Waals surface area (Å²) < 4.78 is 2.09. The number of aromatic nitrogens is 1. The number of benzene rings is 1. The van der Waals surface area contributed by atoms with Crippen LogP contribution in [0.15, 0.2) is 30.5 Å². The summed E-state index contributed by atoms with van der Waals surface area (Å²) in [4.78, 5) is 0. The lowest BCUT2D eigenvalue weighted by atomic mass is 10.1. The lowest BCUT2D eigenvalue weighted by Crippen LogP contribution is -2.26. The molecule has 15 heavy (non-hydrogen) atoms. The molecule has 0 unspecified atom stereocenters. The largest absolute Gasteiger partial charge is 0.395 e. The molecule has 0 amide bonds. The van der Waals surface area contributed by atoms with Crippen LogP contribution in [0.3, 0.4) is 0 Å². The highest BCUT2D eigenvalue weighted by Gasteiger charge is 2.09. The minimum atomic E-state index is -0.171. The van der Waals surface area contributed by atoms with E-state index in [2.05, 4.69) is 22.9 Å². The molecule has 0 radical (unpaired) electrons. The summed E-state index contributed by atoms with van der Waals surface area (Å²) in [5.74, 6) is 0. The second kappa shape index (κ2) is 4.04. The second-order valence-corrected chi connectivity index (χ2v) is 3.93. The molecule has 0 bridgehead atoms. The highest BCUT2D eigenvalue weighted by atomic mass is 16.3. The summed E-state index contributed by atoms with van der Waals surface area (Å²) in [6, 6.07) is 8.06. The molecule has 0 saturated heterocycles. The van der Waals surface area contributed by atoms with E-state index in [1.807, 2.05) is 19.2 Å². The Balaban J connectivity index is 2.43. The molecule has 2 rings (SSSR count). The Morgan fingerprint density at radius 3 is 2.87 bits per heavy atom. The molecule has 0 saturated carbocycles. The SMILES string of the molecule is Cn1cc(C[C@H](N)CO)c2ccccc21. The molecule has 0 fully saturated rings. The van der Waals surface area contributed by atoms with Gasteiger partial charge in [-0.05, 0) is 18.1 Å². The van der Waals surface area contributed by atoms with Gasteiger partial charge in [0.1, 0.15) is 0 Å². The molecule has 3 N–H and O–H groups in total. The maximum Gasteiger partial charge on any atom is 0.0585 e. The zero-order valence-corrected chi connectivity index (χ0v) is 8.85. The lowest BCUT2D eigenvalue weighted by Gasteiger charge is -2.05. The van der Waals surface area contributed by atoms with Gasteiger partial charge in [0.15, 0.2) is 0 Å². The minimum absolute atomic E-state index is 0.0310. The topological polar surface area (TPSA) is 51.2 Å². The fourth-order valence-corrected chi connectivity index (χ4v) is 1.94. The van der Waals surface area contributed by atoms with Crippen molar-refractivity contribution >= 4 is 10.9 Å². The molecule has 1 aromatic carbocycles. The predicted octanol–water partition coefficient (Wildman–Crippen LogP) is 1.04. The summed E-state index contributed by atoms with van der Waals surface area (Å²) in [5, 5.41) is 10.2. The lowest BCUT2D eigenvalue weighted by molar-refractivity contribution is 0.265. The molecule has 0 spiro atoms. The number of rotatable bonds is 3. The average Bonchev–Trinajstić information content (AvgIpc) is 2.57. The Hall–Kier alpha value is -1.32. The standard InChI is InChI=1S/C12H16N2O/c1-14-7-9(6-10(13)8-15)11-4-2-3-5-12(11)14/h2-5,7,10,15H,6,8,13H2,1H3/t10-/m0/s1. The Morgan fingerprint density at radius 1 is 1.40 bits per heavy atom. The maximum absolute atomic E-state index is 8.94. The third-order valence-corrected chi connectivity index (χ3v) is 2.70. The predicted molar refractivity (Wildman–Crippen MR) is 61.7 cm³/mol. The van der Waals surface area contributed by atoms with E-state index in [-0.39, 0.29) is 12.6 Å². The van der Waals surface area contributed by atoms with Crippen molar-refractivity contribution in [3.8, 4) is 0 Å². The first-order chi connectivity index (χ1) is 7.22. The molecule has 80 valence electrons. The first-order valence-corrected chi connectivity index (χ1v) is 5.11. The van der Waals surface area contributed by atoms with E-state index in [1.165, 1.54) is 16.5 Å². The number of aliphatic hydroxyl groups excluding tert-OH is 1. The van der Waals surface area contributed by atoms with Crippen LogP contribution in [-0.4, -0.2) is 22.3 Å². The molecule has 0 aliphatic heterocycles. The van der Waals surface area contributed by atoms with Crippen LogP contribution in [0.4, 0.5) is 0 Å². The van der Waals surface area contributed by atoms with Crippen molar-refractivity contribution in [3.05, 3.63) is 36.0 Å². The molecule has 2 aromatic rings. The molecule has 1 atom stereocenters. The minimum Gasteiger partial charge on any atom is -0.395 e. The third kappa shape index (κ3) is 1.89. The van der Waals surface area contributed by atoms with Crippen molar-refractivity contribution in [1.29, 1.82) is 0 Å². The van der Waals surface area contributed by atoms with Crippen molar-refractivity contribution in [3.63, 3.8) is 0 Å². The van der Waals surface area contributed by atoms with Gasteiger partial charge in [0.2, 0.25) is 0 Å². The van der Waals surface area contributed by atoms with E-state index in [4.69, 9.17) is 10.8 Å². The molecule has 0 aliphatic carbocycles. The quantitative estimate of drug-likeness (QED) is 0.785. The number of fused-ring (bicyclic) bond motifs is 1. The van der Waals surface area contributed by atoms with Crippen LogP contribution < -0.4 is 5.73 Å². The monoisotopic (exact) mass is 204 g/mol. The molecule has 3 heteroatoms. The van der Waals surface area contributed by atoms with Crippen molar-refractivity contribution in [2.24, 2.45) is 12.8 Å². The number of hydrogen-bond acceptors (Lipinski definition) is 2. The Kier molecular flexibility index (Phi) is 2.75. The van der Waals surface area contributed by atoms with Gasteiger partial charge in [-0.25, -0.2) is 0 Å². The van der Waals surface area contributed by atoms with Gasteiger partial charge in [-0.2, -0.15) is 0 Å². The van der Waals surface area contributed by atoms with Gasteiger partial charge in [-0.3, -0.25) is 0 Å². The number of aliphatic hydroxyl groups is 1. The molecular formula is C12H16N2O. The summed E-state index contributed by atoms with van der Waals surface area (Å²) >= 11 is 0. The highest BCUT2D eigenvalue weighted by molar-refractivity contribution is 5.83. The van der Waals surface area contributed by atoms with Crippen LogP contribution in [0, 0.1) is 0 Å². The average molecular weight is 204 g/mol. The Morgan fingerprint density at radius 2 is 2.13 bits per heavy atom. The maximum atomic E-state index is 8.94. The molecule has 1 aromatic heterocycles. The van der Waals surface area contributed by atoms with Crippen molar-refractivity contribution in [1.82, 2.24) is 4.57 Å². The summed E-state index contributed by atoms with van der Waals surface area (Å²) in [7, 11) is 2.02. The number of nitrogens with zero attached hydrogens (tertiary/aromatic N) is 1. The van der Waals surface area contributed by atoms with E-state index in [9.17, 15) is 0 Å². The van der Waals surface area contributed by atoms with Gasteiger partial charge < -0.3 is 15.4 Å². The molecular weight excluding hydrogens is 188 g/mol. The van der Waals surface area contributed by atoms with Crippen LogP contribution >= 0.6 is 0 Å². The Labute approximate surface area is 89.1 Å². The molecule has 0 aliphatic rings. The summed E-state index contributed by atoms with van der Waals surface area (Å²) in [6.07, 6.45) is 2.80. The number of aryl methyl sites for hydroxylation is 1. The molecule has 1 heterocycles. The van der Waals surface area contributed by atoms with Gasteiger partial charge >= 0.3 is 0 Å². The van der Waals surface area contributed by atoms with E-state index in [0.717, 1.165) is 6.42 Å². The van der Waals surface area contributed by atoms with Crippen LogP contribution in [0.2, 0.25) is 0 Å². The fourth-order valence-electron chi connectivity index (χ4n) is 1.94. The first kappa shape index (κ1) is 10.2. The van der Waals surface area contributed by atoms with Gasteiger partial charge in [0.05, 0.1) is 6.61 Å². The number of hydrogen-bond donors (Lipinski definition) is 2. The van der Waals surface area contributed by atoms with E-state index < -0.39 is 0 Å². The van der Waals surface area contributed by atoms with Crippen LogP contribution in [0.5, 0.6) is 0 Å². The van der Waals surface area contributed by atoms with Crippen molar-refractivity contribution in [2.75, 3.05) is 6.61 Å². The van der Waals surface area contributed by atoms with Crippen molar-refractivity contribution in [2.45, 2.75) is 12.5 Å². The summed E-state index contributed by atoms with van der Waals surface area (Å²) in [5.41, 5.74) is 8.16. The molecule has 3 nitrogen and oxygen atoms in total. The highest BCUT2D eigenvalue weighted by Crippen LogP contribution is 2.20. The van der Waals surface area contributed by atoms with E-state index in [0.29, 0.717) is 0 Å². The van der Waals surface area contributed by atoms with Crippen LogP contribution in [-0.2, 0) is 13.5 Å². The van der Waals surface area contributed by atoms with E-state index in [1.54, 1.807) is 0 Å². The Bertz CT molecular complexity index is 462. The van der Waals surface area contributed by atoms with Gasteiger partial charge in [-0.15, -0.1) is 0 Å². The third-order valence-electron chi connectivity index (χ3n) is 2.70. The first-order valence-electron chi connectivity index (χ1n) is 5.11. The van der Waals surface area contributed by atoms with Crippen LogP contribution in [0.25, 0.3) is 10.9 Å². The van der Waals surface area contributed by atoms with Gasteiger partial charge in [0.25, 0.3) is 0 Å². The smallest absolute Gasteiger partial charge is 0.0585 e. The summed E-state index contributed by atoms with van der Waals surface area (Å²) in [6.45, 7) is 0.0310. The number of para-hydroxylation sites is 1. The van der Waals surface area contributed by atoms with Gasteiger partial charge in [-0.1, -0.05) is 18.2 Å². The zero-order valence-electron chi connectivity index (χ0n) is 8.85. The normalized spacial score (nSPS) is 13.3. The van der Waals surface area contributed by atoms with Gasteiger partial charge in [0, 0.05) is 30.2 Å². The number of nitrogens with two attached hydrogens (primary N) is 1. The van der Waals surface area contributed by atoms with Crippen LogP contribution in [0.1, 0.15) is 5.56 Å². The second-order valence-electron chi connectivity index (χ2n) is 3.93. The van der Waals surface area contributed by atoms with E-state index >= 15 is 0 Å².